The highest BCUT2D eigenvalue weighted by atomic mass is 16.5. The van der Waals surface area contributed by atoms with Crippen LogP contribution in [-0.2, 0) is 4.74 Å². The maximum Gasteiger partial charge on any atom is 0.288 e. The summed E-state index contributed by atoms with van der Waals surface area (Å²) < 4.78 is 5.26. The Hall–Kier alpha value is -1.43. The minimum absolute atomic E-state index is 0.102. The first-order valence-corrected chi connectivity index (χ1v) is 5.01. The average molecular weight is 210 g/mol. The predicted molar refractivity (Wildman–Crippen MR) is 52.2 cm³/mol. The SMILES string of the molecule is CC(NC(=O)c1ncn[nH]1)C1CCOC1. The summed E-state index contributed by atoms with van der Waals surface area (Å²) in [6.07, 6.45) is 2.32. The Morgan fingerprint density at radius 1 is 1.80 bits per heavy atom. The van der Waals surface area contributed by atoms with E-state index in [1.54, 1.807) is 0 Å². The molecule has 15 heavy (non-hydrogen) atoms. The number of aromatic nitrogens is 3. The molecule has 0 aromatic carbocycles. The van der Waals surface area contributed by atoms with E-state index in [0.29, 0.717) is 5.92 Å². The Balaban J connectivity index is 1.88. The van der Waals surface area contributed by atoms with E-state index in [1.807, 2.05) is 6.92 Å². The first-order valence-electron chi connectivity index (χ1n) is 5.01. The van der Waals surface area contributed by atoms with E-state index in [1.165, 1.54) is 6.33 Å². The van der Waals surface area contributed by atoms with Gasteiger partial charge in [0.25, 0.3) is 5.91 Å². The summed E-state index contributed by atoms with van der Waals surface area (Å²) in [5.74, 6) is 0.435. The second-order valence-corrected chi connectivity index (χ2v) is 3.72. The maximum absolute atomic E-state index is 11.6. The third-order valence-corrected chi connectivity index (χ3v) is 2.66. The van der Waals surface area contributed by atoms with E-state index in [-0.39, 0.29) is 17.8 Å². The molecule has 0 radical (unpaired) electrons. The van der Waals surface area contributed by atoms with E-state index in [0.717, 1.165) is 19.6 Å². The number of hydrogen-bond acceptors (Lipinski definition) is 4. The molecule has 1 aliphatic heterocycles. The molecule has 2 heterocycles. The Kier molecular flexibility index (Phi) is 2.96. The van der Waals surface area contributed by atoms with Crippen LogP contribution in [0.25, 0.3) is 0 Å². The van der Waals surface area contributed by atoms with E-state index in [2.05, 4.69) is 20.5 Å². The predicted octanol–water partition coefficient (Wildman–Crippen LogP) is -0.0405. The number of hydrogen-bond donors (Lipinski definition) is 2. The third kappa shape index (κ3) is 2.33. The van der Waals surface area contributed by atoms with Crippen molar-refractivity contribution >= 4 is 5.91 Å². The Labute approximate surface area is 87.4 Å². The van der Waals surface area contributed by atoms with Gasteiger partial charge in [0.05, 0.1) is 6.61 Å². The third-order valence-electron chi connectivity index (χ3n) is 2.66. The molecule has 1 saturated heterocycles. The van der Waals surface area contributed by atoms with Gasteiger partial charge in [-0.25, -0.2) is 4.98 Å². The molecule has 0 aliphatic carbocycles. The minimum atomic E-state index is -0.216. The Bertz CT molecular complexity index is 319. The van der Waals surface area contributed by atoms with Crippen molar-refractivity contribution in [3.63, 3.8) is 0 Å². The van der Waals surface area contributed by atoms with Crippen molar-refractivity contribution in [3.05, 3.63) is 12.2 Å². The van der Waals surface area contributed by atoms with Crippen LogP contribution in [0.1, 0.15) is 24.0 Å². The molecule has 0 spiro atoms. The van der Waals surface area contributed by atoms with Crippen LogP contribution < -0.4 is 5.32 Å². The first-order chi connectivity index (χ1) is 7.27. The molecule has 2 rings (SSSR count). The second-order valence-electron chi connectivity index (χ2n) is 3.72. The molecule has 6 heteroatoms. The van der Waals surface area contributed by atoms with Crippen molar-refractivity contribution in [1.29, 1.82) is 0 Å². The van der Waals surface area contributed by atoms with Crippen LogP contribution in [-0.4, -0.2) is 40.3 Å². The lowest BCUT2D eigenvalue weighted by Crippen LogP contribution is -2.38. The molecule has 2 unspecified atom stereocenters. The molecule has 82 valence electrons. The highest BCUT2D eigenvalue weighted by Gasteiger charge is 2.24. The Morgan fingerprint density at radius 3 is 3.27 bits per heavy atom. The molecule has 1 aromatic heterocycles. The van der Waals surface area contributed by atoms with E-state index in [4.69, 9.17) is 4.74 Å². The normalized spacial score (nSPS) is 22.6. The number of nitrogens with zero attached hydrogens (tertiary/aromatic N) is 2. The van der Waals surface area contributed by atoms with Gasteiger partial charge in [-0.1, -0.05) is 0 Å². The highest BCUT2D eigenvalue weighted by Crippen LogP contribution is 2.16. The van der Waals surface area contributed by atoms with Crippen molar-refractivity contribution in [2.24, 2.45) is 5.92 Å². The lowest BCUT2D eigenvalue weighted by Gasteiger charge is -2.18. The van der Waals surface area contributed by atoms with Crippen LogP contribution in [0.15, 0.2) is 6.33 Å². The maximum atomic E-state index is 11.6. The van der Waals surface area contributed by atoms with E-state index >= 15 is 0 Å². The van der Waals surface area contributed by atoms with E-state index in [9.17, 15) is 4.79 Å². The van der Waals surface area contributed by atoms with Gasteiger partial charge in [-0.15, -0.1) is 0 Å². The van der Waals surface area contributed by atoms with Gasteiger partial charge in [-0.3, -0.25) is 9.89 Å². The molecule has 0 saturated carbocycles. The molecule has 1 fully saturated rings. The second kappa shape index (κ2) is 4.39. The monoisotopic (exact) mass is 210 g/mol. The van der Waals surface area contributed by atoms with Crippen molar-refractivity contribution in [2.75, 3.05) is 13.2 Å². The number of H-pyrrole nitrogens is 1. The summed E-state index contributed by atoms with van der Waals surface area (Å²) >= 11 is 0. The fourth-order valence-corrected chi connectivity index (χ4v) is 1.65. The number of amides is 1. The van der Waals surface area contributed by atoms with Crippen molar-refractivity contribution in [3.8, 4) is 0 Å². The first kappa shape index (κ1) is 10.1. The standard InChI is InChI=1S/C9H14N4O2/c1-6(7-2-3-15-4-7)12-9(14)8-10-5-11-13-8/h5-7H,2-4H2,1H3,(H,12,14)(H,10,11,13). The van der Waals surface area contributed by atoms with Crippen LogP contribution in [0, 0.1) is 5.92 Å². The van der Waals surface area contributed by atoms with Crippen molar-refractivity contribution in [2.45, 2.75) is 19.4 Å². The fourth-order valence-electron chi connectivity index (χ4n) is 1.65. The Morgan fingerprint density at radius 2 is 2.67 bits per heavy atom. The molecular formula is C9H14N4O2. The lowest BCUT2D eigenvalue weighted by molar-refractivity contribution is 0.0912. The quantitative estimate of drug-likeness (QED) is 0.733. The summed E-state index contributed by atoms with van der Waals surface area (Å²) in [6, 6.07) is 0.102. The van der Waals surface area contributed by atoms with Crippen molar-refractivity contribution in [1.82, 2.24) is 20.5 Å². The number of aromatic amines is 1. The molecule has 1 aromatic rings. The van der Waals surface area contributed by atoms with Crippen LogP contribution in [0.2, 0.25) is 0 Å². The summed E-state index contributed by atoms with van der Waals surface area (Å²) in [7, 11) is 0. The fraction of sp³-hybridized carbons (Fsp3) is 0.667. The van der Waals surface area contributed by atoms with Gasteiger partial charge in [0.2, 0.25) is 5.82 Å². The van der Waals surface area contributed by atoms with Gasteiger partial charge in [0.15, 0.2) is 0 Å². The summed E-state index contributed by atoms with van der Waals surface area (Å²) in [5, 5.41) is 9.03. The zero-order chi connectivity index (χ0) is 10.7. The summed E-state index contributed by atoms with van der Waals surface area (Å²) in [4.78, 5) is 15.4. The van der Waals surface area contributed by atoms with Gasteiger partial charge in [0.1, 0.15) is 6.33 Å². The molecule has 1 amide bonds. The van der Waals surface area contributed by atoms with Crippen LogP contribution in [0.4, 0.5) is 0 Å². The molecule has 0 bridgehead atoms. The van der Waals surface area contributed by atoms with Gasteiger partial charge < -0.3 is 10.1 Å². The number of carbonyl (C=O) groups excluding carboxylic acids is 1. The highest BCUT2D eigenvalue weighted by molar-refractivity contribution is 5.90. The van der Waals surface area contributed by atoms with Gasteiger partial charge >= 0.3 is 0 Å². The topological polar surface area (TPSA) is 79.9 Å². The van der Waals surface area contributed by atoms with Gasteiger partial charge in [0, 0.05) is 18.6 Å². The van der Waals surface area contributed by atoms with Crippen LogP contribution in [0.3, 0.4) is 0 Å². The van der Waals surface area contributed by atoms with Gasteiger partial charge in [-0.05, 0) is 13.3 Å². The molecule has 1 aliphatic rings. The molecule has 2 atom stereocenters. The number of carbonyl (C=O) groups is 1. The molecule has 2 N–H and O–H groups in total. The van der Waals surface area contributed by atoms with E-state index < -0.39 is 0 Å². The summed E-state index contributed by atoms with van der Waals surface area (Å²) in [6.45, 7) is 3.48. The lowest BCUT2D eigenvalue weighted by atomic mass is 10.0. The molecular weight excluding hydrogens is 196 g/mol. The van der Waals surface area contributed by atoms with Crippen LogP contribution >= 0.6 is 0 Å². The largest absolute Gasteiger partial charge is 0.381 e. The van der Waals surface area contributed by atoms with Crippen molar-refractivity contribution < 1.29 is 9.53 Å². The zero-order valence-electron chi connectivity index (χ0n) is 8.56. The minimum Gasteiger partial charge on any atom is -0.381 e. The van der Waals surface area contributed by atoms with Crippen LogP contribution in [0.5, 0.6) is 0 Å². The zero-order valence-corrected chi connectivity index (χ0v) is 8.56. The number of nitrogens with one attached hydrogen (secondary N) is 2. The molecule has 6 nitrogen and oxygen atoms in total. The van der Waals surface area contributed by atoms with Gasteiger partial charge in [-0.2, -0.15) is 5.10 Å². The summed E-state index contributed by atoms with van der Waals surface area (Å²) in [5.41, 5.74) is 0. The number of ether oxygens (including phenoxy) is 1. The average Bonchev–Trinajstić information content (AvgIpc) is 2.91. The number of rotatable bonds is 3. The smallest absolute Gasteiger partial charge is 0.288 e.